The highest BCUT2D eigenvalue weighted by Gasteiger charge is 2.27. The topological polar surface area (TPSA) is 29.5 Å². The van der Waals surface area contributed by atoms with Gasteiger partial charge in [-0.05, 0) is 11.8 Å². The summed E-state index contributed by atoms with van der Waals surface area (Å²) in [6.45, 7) is 2.29. The summed E-state index contributed by atoms with van der Waals surface area (Å²) in [5, 5.41) is 8.78. The molecule has 0 saturated heterocycles. The summed E-state index contributed by atoms with van der Waals surface area (Å²) in [4.78, 5) is 0. The number of hydrogen-bond acceptors (Lipinski definition) is 2. The van der Waals surface area contributed by atoms with Crippen molar-refractivity contribution in [3.8, 4) is 0 Å². The summed E-state index contributed by atoms with van der Waals surface area (Å²) in [6.07, 6.45) is -3.84. The van der Waals surface area contributed by atoms with E-state index in [4.69, 9.17) is 5.11 Å². The number of halogens is 3. The number of hydrogen-bond donors (Lipinski definition) is 1. The Labute approximate surface area is 75.7 Å². The molecule has 13 heavy (non-hydrogen) atoms. The van der Waals surface area contributed by atoms with Crippen LogP contribution in [0.5, 0.6) is 0 Å². The molecule has 0 fully saturated rings. The first-order valence-electron chi connectivity index (χ1n) is 4.02. The van der Waals surface area contributed by atoms with Crippen molar-refractivity contribution >= 4 is 0 Å². The molecule has 0 aliphatic heterocycles. The lowest BCUT2D eigenvalue weighted by Gasteiger charge is -2.21. The first-order chi connectivity index (χ1) is 5.77. The van der Waals surface area contributed by atoms with Crippen LogP contribution >= 0.6 is 0 Å². The van der Waals surface area contributed by atoms with E-state index >= 15 is 0 Å². The molecule has 0 rings (SSSR count). The van der Waals surface area contributed by atoms with Crippen molar-refractivity contribution in [3.63, 3.8) is 0 Å². The summed E-state index contributed by atoms with van der Waals surface area (Å²) < 4.78 is 39.1. The third-order valence-electron chi connectivity index (χ3n) is 1.62. The Hall–Kier alpha value is -0.290. The lowest BCUT2D eigenvalue weighted by Crippen LogP contribution is -2.22. The van der Waals surface area contributed by atoms with Gasteiger partial charge in [0.1, 0.15) is 6.61 Å². The van der Waals surface area contributed by atoms with Gasteiger partial charge in [0.2, 0.25) is 0 Å². The Bertz CT molecular complexity index is 143. The van der Waals surface area contributed by atoms with Crippen molar-refractivity contribution in [1.82, 2.24) is 0 Å². The van der Waals surface area contributed by atoms with Gasteiger partial charge >= 0.3 is 6.18 Å². The van der Waals surface area contributed by atoms with E-state index in [0.717, 1.165) is 0 Å². The zero-order valence-corrected chi connectivity index (χ0v) is 7.82. The number of aliphatic hydroxyl groups excluding tert-OH is 1. The fourth-order valence-electron chi connectivity index (χ4n) is 0.615. The first kappa shape index (κ1) is 12.7. The Morgan fingerprint density at radius 3 is 2.15 bits per heavy atom. The highest BCUT2D eigenvalue weighted by atomic mass is 19.4. The average molecular weight is 200 g/mol. The van der Waals surface area contributed by atoms with Crippen molar-refractivity contribution in [3.05, 3.63) is 0 Å². The molecule has 0 aliphatic rings. The number of aliphatic hydroxyl groups is 1. The second kappa shape index (κ2) is 4.81. The fourth-order valence-corrected chi connectivity index (χ4v) is 0.615. The molecule has 0 unspecified atom stereocenters. The summed E-state index contributed by atoms with van der Waals surface area (Å²) in [7, 11) is 0. The molecular weight excluding hydrogens is 185 g/mol. The molecule has 5 heteroatoms. The van der Waals surface area contributed by atoms with Gasteiger partial charge in [0, 0.05) is 13.2 Å². The van der Waals surface area contributed by atoms with Crippen LogP contribution in [-0.4, -0.2) is 31.1 Å². The first-order valence-corrected chi connectivity index (χ1v) is 4.02. The molecule has 0 heterocycles. The van der Waals surface area contributed by atoms with Crippen LogP contribution in [0.2, 0.25) is 0 Å². The second-order valence-electron chi connectivity index (χ2n) is 3.74. The van der Waals surface area contributed by atoms with E-state index in [-0.39, 0.29) is 18.6 Å². The molecule has 0 aromatic rings. The number of alkyl halides is 3. The van der Waals surface area contributed by atoms with Crippen molar-refractivity contribution in [1.29, 1.82) is 0 Å². The van der Waals surface area contributed by atoms with Gasteiger partial charge in [-0.2, -0.15) is 13.2 Å². The molecule has 1 N–H and O–H groups in total. The van der Waals surface area contributed by atoms with Gasteiger partial charge in [-0.1, -0.05) is 13.8 Å². The summed E-state index contributed by atoms with van der Waals surface area (Å²) in [5.41, 5.74) is -0.369. The lowest BCUT2D eigenvalue weighted by atomic mass is 9.91. The molecule has 0 atom stereocenters. The van der Waals surface area contributed by atoms with Gasteiger partial charge in [-0.15, -0.1) is 0 Å². The van der Waals surface area contributed by atoms with Gasteiger partial charge in [0.25, 0.3) is 0 Å². The smallest absolute Gasteiger partial charge is 0.396 e. The van der Waals surface area contributed by atoms with Crippen molar-refractivity contribution in [2.75, 3.05) is 19.8 Å². The van der Waals surface area contributed by atoms with Crippen LogP contribution in [0.1, 0.15) is 20.3 Å². The largest absolute Gasteiger partial charge is 0.411 e. The Balaban J connectivity index is 3.47. The van der Waals surface area contributed by atoms with Crippen molar-refractivity contribution in [2.45, 2.75) is 26.4 Å². The van der Waals surface area contributed by atoms with Gasteiger partial charge < -0.3 is 9.84 Å². The van der Waals surface area contributed by atoms with E-state index in [2.05, 4.69) is 4.74 Å². The molecule has 0 radical (unpaired) electrons. The van der Waals surface area contributed by atoms with Crippen molar-refractivity contribution < 1.29 is 23.0 Å². The molecule has 0 amide bonds. The maximum absolute atomic E-state index is 11.6. The van der Waals surface area contributed by atoms with Crippen LogP contribution in [0, 0.1) is 5.41 Å². The van der Waals surface area contributed by atoms with Crippen LogP contribution in [0.25, 0.3) is 0 Å². The maximum atomic E-state index is 11.6. The minimum atomic E-state index is -4.26. The molecule has 0 saturated carbocycles. The second-order valence-corrected chi connectivity index (χ2v) is 3.74. The van der Waals surface area contributed by atoms with E-state index < -0.39 is 12.8 Å². The maximum Gasteiger partial charge on any atom is 0.411 e. The lowest BCUT2D eigenvalue weighted by molar-refractivity contribution is -0.175. The molecule has 0 aliphatic carbocycles. The monoisotopic (exact) mass is 200 g/mol. The van der Waals surface area contributed by atoms with E-state index in [0.29, 0.717) is 6.42 Å². The molecule has 0 bridgehead atoms. The zero-order valence-electron chi connectivity index (χ0n) is 7.82. The number of rotatable bonds is 5. The minimum absolute atomic E-state index is 0.0209. The van der Waals surface area contributed by atoms with Crippen LogP contribution in [0.4, 0.5) is 13.2 Å². The van der Waals surface area contributed by atoms with Crippen LogP contribution < -0.4 is 0 Å². The summed E-state index contributed by atoms with van der Waals surface area (Å²) >= 11 is 0. The molecule has 0 spiro atoms. The van der Waals surface area contributed by atoms with Gasteiger partial charge in [-0.3, -0.25) is 0 Å². The van der Waals surface area contributed by atoms with Gasteiger partial charge in [0.05, 0.1) is 0 Å². The normalized spacial score (nSPS) is 13.4. The highest BCUT2D eigenvalue weighted by Crippen LogP contribution is 2.20. The quantitative estimate of drug-likeness (QED) is 0.687. The molecular formula is C8H15F3O2. The Morgan fingerprint density at radius 1 is 1.23 bits per heavy atom. The van der Waals surface area contributed by atoms with E-state index in [1.807, 2.05) is 0 Å². The zero-order chi connectivity index (χ0) is 10.5. The number of ether oxygens (including phenoxy) is 1. The predicted molar refractivity (Wildman–Crippen MR) is 42.4 cm³/mol. The predicted octanol–water partition coefficient (Wildman–Crippen LogP) is 1.97. The standard InChI is InChI=1S/C8H15F3O2/c1-7(2,5-12)3-4-13-6-8(9,10)11/h12H,3-6H2,1-2H3. The third-order valence-corrected chi connectivity index (χ3v) is 1.62. The van der Waals surface area contributed by atoms with Crippen LogP contribution in [0.15, 0.2) is 0 Å². The van der Waals surface area contributed by atoms with E-state index in [1.54, 1.807) is 13.8 Å². The Kier molecular flexibility index (Phi) is 4.70. The molecule has 0 aromatic carbocycles. The molecule has 0 aromatic heterocycles. The SMILES string of the molecule is CC(C)(CO)CCOCC(F)(F)F. The fraction of sp³-hybridized carbons (Fsp3) is 1.00. The van der Waals surface area contributed by atoms with Crippen LogP contribution in [0.3, 0.4) is 0 Å². The third kappa shape index (κ3) is 8.05. The highest BCUT2D eigenvalue weighted by molar-refractivity contribution is 4.66. The van der Waals surface area contributed by atoms with E-state index in [9.17, 15) is 13.2 Å². The van der Waals surface area contributed by atoms with Crippen LogP contribution in [-0.2, 0) is 4.74 Å². The molecule has 80 valence electrons. The van der Waals surface area contributed by atoms with E-state index in [1.165, 1.54) is 0 Å². The average Bonchev–Trinajstić information content (AvgIpc) is 1.97. The van der Waals surface area contributed by atoms with Gasteiger partial charge in [0.15, 0.2) is 0 Å². The Morgan fingerprint density at radius 2 is 1.77 bits per heavy atom. The summed E-state index contributed by atoms with van der Waals surface area (Å²) in [6, 6.07) is 0. The van der Waals surface area contributed by atoms with Crippen molar-refractivity contribution in [2.24, 2.45) is 5.41 Å². The van der Waals surface area contributed by atoms with Gasteiger partial charge in [-0.25, -0.2) is 0 Å². The summed E-state index contributed by atoms with van der Waals surface area (Å²) in [5.74, 6) is 0. The molecule has 2 nitrogen and oxygen atoms in total. The minimum Gasteiger partial charge on any atom is -0.396 e.